The summed E-state index contributed by atoms with van der Waals surface area (Å²) in [6, 6.07) is 6.91. The number of benzene rings is 1. The minimum atomic E-state index is -0.116. The highest BCUT2D eigenvalue weighted by molar-refractivity contribution is 5.95. The Bertz CT molecular complexity index is 427. The first-order chi connectivity index (χ1) is 9.63. The molecule has 0 radical (unpaired) electrons. The molecule has 0 aromatic heterocycles. The van der Waals surface area contributed by atoms with Crippen LogP contribution in [0.15, 0.2) is 24.3 Å². The van der Waals surface area contributed by atoms with Crippen molar-refractivity contribution in [3.8, 4) is 0 Å². The molecule has 0 unspecified atom stereocenters. The van der Waals surface area contributed by atoms with Gasteiger partial charge in [0.25, 0.3) is 5.91 Å². The zero-order valence-corrected chi connectivity index (χ0v) is 12.4. The van der Waals surface area contributed by atoms with Crippen molar-refractivity contribution in [3.05, 3.63) is 29.8 Å². The van der Waals surface area contributed by atoms with Crippen molar-refractivity contribution >= 4 is 17.5 Å². The third kappa shape index (κ3) is 6.36. The average Bonchev–Trinajstić information content (AvgIpc) is 2.42. The van der Waals surface area contributed by atoms with E-state index in [-0.39, 0.29) is 11.8 Å². The fourth-order valence-electron chi connectivity index (χ4n) is 1.94. The van der Waals surface area contributed by atoms with Gasteiger partial charge in [-0.2, -0.15) is 0 Å². The number of carbonyl (C=O) groups excluding carboxylic acids is 2. The first kappa shape index (κ1) is 16.2. The molecule has 0 aliphatic carbocycles. The zero-order valence-electron chi connectivity index (χ0n) is 12.4. The second kappa shape index (κ2) is 9.13. The molecule has 4 nitrogen and oxygen atoms in total. The van der Waals surface area contributed by atoms with E-state index in [4.69, 9.17) is 0 Å². The molecule has 0 saturated heterocycles. The van der Waals surface area contributed by atoms with Gasteiger partial charge in [0.2, 0.25) is 5.91 Å². The summed E-state index contributed by atoms with van der Waals surface area (Å²) in [5.41, 5.74) is 1.32. The molecule has 1 rings (SSSR count). The van der Waals surface area contributed by atoms with Crippen molar-refractivity contribution in [3.63, 3.8) is 0 Å². The van der Waals surface area contributed by atoms with Gasteiger partial charge in [-0.25, -0.2) is 0 Å². The lowest BCUT2D eigenvalue weighted by Crippen LogP contribution is -2.24. The fourth-order valence-corrected chi connectivity index (χ4v) is 1.94. The van der Waals surface area contributed by atoms with Crippen LogP contribution in [0.1, 0.15) is 56.3 Å². The summed E-state index contributed by atoms with van der Waals surface area (Å²) < 4.78 is 0. The molecule has 4 heteroatoms. The highest BCUT2D eigenvalue weighted by Crippen LogP contribution is 2.09. The van der Waals surface area contributed by atoms with E-state index >= 15 is 0 Å². The number of carbonyl (C=O) groups is 2. The predicted octanol–water partition coefficient (Wildman–Crippen LogP) is 3.35. The first-order valence-electron chi connectivity index (χ1n) is 7.29. The van der Waals surface area contributed by atoms with Gasteiger partial charge in [0.05, 0.1) is 0 Å². The Morgan fingerprint density at radius 1 is 1.00 bits per heavy atom. The number of anilines is 1. The molecule has 110 valence electrons. The minimum absolute atomic E-state index is 0.0603. The smallest absolute Gasteiger partial charge is 0.251 e. The monoisotopic (exact) mass is 276 g/mol. The first-order valence-corrected chi connectivity index (χ1v) is 7.29. The van der Waals surface area contributed by atoms with Crippen molar-refractivity contribution in [1.82, 2.24) is 5.32 Å². The van der Waals surface area contributed by atoms with E-state index in [9.17, 15) is 9.59 Å². The van der Waals surface area contributed by atoms with E-state index in [1.54, 1.807) is 24.3 Å². The van der Waals surface area contributed by atoms with Crippen molar-refractivity contribution in [2.45, 2.75) is 46.0 Å². The van der Waals surface area contributed by atoms with Crippen molar-refractivity contribution in [2.24, 2.45) is 0 Å². The van der Waals surface area contributed by atoms with Crippen LogP contribution in [0, 0.1) is 0 Å². The fraction of sp³-hybridized carbons (Fsp3) is 0.500. The minimum Gasteiger partial charge on any atom is -0.352 e. The van der Waals surface area contributed by atoms with E-state index in [0.717, 1.165) is 19.4 Å². The van der Waals surface area contributed by atoms with Crippen LogP contribution in [0.25, 0.3) is 0 Å². The number of rotatable bonds is 8. The summed E-state index contributed by atoms with van der Waals surface area (Å²) in [6.45, 7) is 4.36. The molecule has 0 saturated carbocycles. The van der Waals surface area contributed by atoms with Crippen molar-refractivity contribution in [2.75, 3.05) is 11.9 Å². The highest BCUT2D eigenvalue weighted by Gasteiger charge is 2.04. The lowest BCUT2D eigenvalue weighted by atomic mass is 10.1. The summed E-state index contributed by atoms with van der Waals surface area (Å²) in [4.78, 5) is 22.8. The number of hydrogen-bond donors (Lipinski definition) is 2. The predicted molar refractivity (Wildman–Crippen MR) is 81.8 cm³/mol. The van der Waals surface area contributed by atoms with Gasteiger partial charge in [-0.15, -0.1) is 0 Å². The Balaban J connectivity index is 2.30. The van der Waals surface area contributed by atoms with Gasteiger partial charge in [-0.3, -0.25) is 9.59 Å². The van der Waals surface area contributed by atoms with Crippen molar-refractivity contribution < 1.29 is 9.59 Å². The number of nitrogens with one attached hydrogen (secondary N) is 2. The third-order valence-corrected chi connectivity index (χ3v) is 3.03. The van der Waals surface area contributed by atoms with Gasteiger partial charge in [-0.05, 0) is 30.7 Å². The Labute approximate surface area is 121 Å². The second-order valence-electron chi connectivity index (χ2n) is 4.93. The van der Waals surface area contributed by atoms with Gasteiger partial charge in [0.15, 0.2) is 0 Å². The molecule has 2 amide bonds. The van der Waals surface area contributed by atoms with Gasteiger partial charge in [-0.1, -0.05) is 32.6 Å². The Morgan fingerprint density at radius 3 is 2.25 bits per heavy atom. The lowest BCUT2D eigenvalue weighted by Gasteiger charge is -2.06. The van der Waals surface area contributed by atoms with Crippen LogP contribution >= 0.6 is 0 Å². The van der Waals surface area contributed by atoms with Gasteiger partial charge < -0.3 is 10.6 Å². The molecule has 0 aliphatic heterocycles. The van der Waals surface area contributed by atoms with Crippen molar-refractivity contribution in [1.29, 1.82) is 0 Å². The number of amides is 2. The van der Waals surface area contributed by atoms with Crippen LogP contribution in [-0.4, -0.2) is 18.4 Å². The average molecular weight is 276 g/mol. The van der Waals surface area contributed by atoms with Gasteiger partial charge >= 0.3 is 0 Å². The molecular formula is C16H24N2O2. The maximum Gasteiger partial charge on any atom is 0.251 e. The Hall–Kier alpha value is -1.84. The van der Waals surface area contributed by atoms with Crippen LogP contribution in [0.5, 0.6) is 0 Å². The maximum absolute atomic E-state index is 11.9. The van der Waals surface area contributed by atoms with Crippen LogP contribution in [0.2, 0.25) is 0 Å². The molecule has 0 atom stereocenters. The SMILES string of the molecule is CCCCCCCNC(=O)c1ccc(NC(C)=O)cc1. The lowest BCUT2D eigenvalue weighted by molar-refractivity contribution is -0.114. The van der Waals surface area contributed by atoms with Crippen LogP contribution in [-0.2, 0) is 4.79 Å². The van der Waals surface area contributed by atoms with Gasteiger partial charge in [0, 0.05) is 24.7 Å². The van der Waals surface area contributed by atoms with Crippen LogP contribution in [0.3, 0.4) is 0 Å². The van der Waals surface area contributed by atoms with E-state index in [0.29, 0.717) is 11.3 Å². The molecule has 0 aliphatic rings. The molecule has 1 aromatic carbocycles. The molecular weight excluding hydrogens is 252 g/mol. The van der Waals surface area contributed by atoms with E-state index in [1.165, 1.54) is 26.2 Å². The molecule has 2 N–H and O–H groups in total. The molecule has 0 heterocycles. The normalized spacial score (nSPS) is 10.1. The number of hydrogen-bond acceptors (Lipinski definition) is 2. The summed E-state index contributed by atoms with van der Waals surface area (Å²) >= 11 is 0. The van der Waals surface area contributed by atoms with Gasteiger partial charge in [0.1, 0.15) is 0 Å². The quantitative estimate of drug-likeness (QED) is 0.715. The molecule has 0 bridgehead atoms. The standard InChI is InChI=1S/C16H24N2O2/c1-3-4-5-6-7-12-17-16(20)14-8-10-15(11-9-14)18-13(2)19/h8-11H,3-7,12H2,1-2H3,(H,17,20)(H,18,19). The summed E-state index contributed by atoms with van der Waals surface area (Å²) in [7, 11) is 0. The summed E-state index contributed by atoms with van der Waals surface area (Å²) in [6.07, 6.45) is 5.91. The van der Waals surface area contributed by atoms with E-state index in [1.807, 2.05) is 0 Å². The summed E-state index contributed by atoms with van der Waals surface area (Å²) in [5.74, 6) is -0.177. The third-order valence-electron chi connectivity index (χ3n) is 3.03. The molecule has 0 spiro atoms. The van der Waals surface area contributed by atoms with E-state index < -0.39 is 0 Å². The molecule has 1 aromatic rings. The number of unbranched alkanes of at least 4 members (excludes halogenated alkanes) is 4. The van der Waals surface area contributed by atoms with E-state index in [2.05, 4.69) is 17.6 Å². The Kier molecular flexibility index (Phi) is 7.40. The highest BCUT2D eigenvalue weighted by atomic mass is 16.2. The largest absolute Gasteiger partial charge is 0.352 e. The summed E-state index contributed by atoms with van der Waals surface area (Å²) in [5, 5.41) is 5.58. The Morgan fingerprint density at radius 2 is 1.65 bits per heavy atom. The molecule has 0 fully saturated rings. The molecule has 20 heavy (non-hydrogen) atoms. The van der Waals surface area contributed by atoms with Crippen LogP contribution < -0.4 is 10.6 Å². The van der Waals surface area contributed by atoms with Crippen LogP contribution in [0.4, 0.5) is 5.69 Å². The zero-order chi connectivity index (χ0) is 14.8. The second-order valence-corrected chi connectivity index (χ2v) is 4.93. The maximum atomic E-state index is 11.9. The topological polar surface area (TPSA) is 58.2 Å².